The summed E-state index contributed by atoms with van der Waals surface area (Å²) in [5.74, 6) is 1.18. The number of nitrogens with one attached hydrogen (secondary N) is 1. The van der Waals surface area contributed by atoms with Gasteiger partial charge in [-0.25, -0.2) is 0 Å². The number of amides is 2. The maximum Gasteiger partial charge on any atom is 0.230 e. The van der Waals surface area contributed by atoms with E-state index in [0.717, 1.165) is 11.4 Å². The predicted molar refractivity (Wildman–Crippen MR) is 74.6 cm³/mol. The number of likely N-dealkylation sites (N-methyl/N-ethyl adjacent to an activating group) is 1. The Balaban J connectivity index is 1.67. The summed E-state index contributed by atoms with van der Waals surface area (Å²) >= 11 is 1.53. The first-order valence-electron chi connectivity index (χ1n) is 6.16. The lowest BCUT2D eigenvalue weighted by Crippen LogP contribution is -2.37. The van der Waals surface area contributed by atoms with Crippen molar-refractivity contribution in [2.45, 2.75) is 18.2 Å². The molecule has 1 aromatic heterocycles. The van der Waals surface area contributed by atoms with Gasteiger partial charge >= 0.3 is 0 Å². The molecule has 1 atom stereocenters. The number of hydrogen-bond acceptors (Lipinski definition) is 4. The Hall–Kier alpha value is -1.56. The molecule has 0 aliphatic carbocycles. The average molecular weight is 279 g/mol. The molecule has 2 amide bonds. The van der Waals surface area contributed by atoms with Gasteiger partial charge in [-0.2, -0.15) is 0 Å². The molecule has 1 N–H and O–H groups in total. The molecule has 2 rings (SSSR count). The first kappa shape index (κ1) is 13.9. The van der Waals surface area contributed by atoms with Crippen LogP contribution in [-0.2, 0) is 15.3 Å². The SMILES string of the molecule is CN1CC(NC(=O)CSCc2ccccn2)CC1=O. The Kier molecular flexibility index (Phi) is 4.79. The number of carbonyl (C=O) groups is 2. The van der Waals surface area contributed by atoms with Crippen LogP contribution in [-0.4, -0.2) is 47.1 Å². The first-order valence-corrected chi connectivity index (χ1v) is 7.31. The smallest absolute Gasteiger partial charge is 0.230 e. The van der Waals surface area contributed by atoms with Crippen LogP contribution < -0.4 is 5.32 Å². The standard InChI is InChI=1S/C13H17N3O2S/c1-16-7-11(6-13(16)18)15-12(17)9-19-8-10-4-2-3-5-14-10/h2-5,11H,6-9H2,1H3,(H,15,17). The first-order chi connectivity index (χ1) is 9.15. The van der Waals surface area contributed by atoms with E-state index in [9.17, 15) is 9.59 Å². The van der Waals surface area contributed by atoms with Crippen LogP contribution in [0.15, 0.2) is 24.4 Å². The molecule has 0 radical (unpaired) electrons. The van der Waals surface area contributed by atoms with E-state index in [2.05, 4.69) is 10.3 Å². The van der Waals surface area contributed by atoms with E-state index in [1.54, 1.807) is 18.1 Å². The summed E-state index contributed by atoms with van der Waals surface area (Å²) in [6, 6.07) is 5.70. The molecule has 0 saturated carbocycles. The number of rotatable bonds is 5. The molecule has 1 aromatic rings. The predicted octanol–water partition coefficient (Wildman–Crippen LogP) is 0.662. The van der Waals surface area contributed by atoms with Crippen molar-refractivity contribution >= 4 is 23.6 Å². The summed E-state index contributed by atoms with van der Waals surface area (Å²) in [6.07, 6.45) is 2.16. The molecule has 2 heterocycles. The molecule has 6 heteroatoms. The molecule has 0 aromatic carbocycles. The zero-order valence-electron chi connectivity index (χ0n) is 10.8. The van der Waals surface area contributed by atoms with Crippen LogP contribution >= 0.6 is 11.8 Å². The summed E-state index contributed by atoms with van der Waals surface area (Å²) in [5, 5.41) is 2.88. The molecule has 19 heavy (non-hydrogen) atoms. The minimum absolute atomic E-state index is 0.0194. The molecule has 1 aliphatic rings. The number of carbonyl (C=O) groups excluding carboxylic acids is 2. The van der Waals surface area contributed by atoms with Crippen LogP contribution in [0.25, 0.3) is 0 Å². The number of pyridine rings is 1. The second-order valence-corrected chi connectivity index (χ2v) is 5.54. The van der Waals surface area contributed by atoms with Crippen LogP contribution in [0, 0.1) is 0 Å². The largest absolute Gasteiger partial charge is 0.350 e. The fraction of sp³-hybridized carbons (Fsp3) is 0.462. The number of nitrogens with zero attached hydrogens (tertiary/aromatic N) is 2. The van der Waals surface area contributed by atoms with Crippen LogP contribution in [0.2, 0.25) is 0 Å². The number of thioether (sulfide) groups is 1. The van der Waals surface area contributed by atoms with Gasteiger partial charge in [0.25, 0.3) is 0 Å². The minimum atomic E-state index is -0.0412. The molecular weight excluding hydrogens is 262 g/mol. The van der Waals surface area contributed by atoms with Gasteiger partial charge < -0.3 is 10.2 Å². The van der Waals surface area contributed by atoms with Crippen LogP contribution in [0.3, 0.4) is 0 Å². The van der Waals surface area contributed by atoms with E-state index < -0.39 is 0 Å². The zero-order valence-corrected chi connectivity index (χ0v) is 11.7. The van der Waals surface area contributed by atoms with E-state index in [4.69, 9.17) is 0 Å². The van der Waals surface area contributed by atoms with Gasteiger partial charge in [0.15, 0.2) is 0 Å². The van der Waals surface area contributed by atoms with Crippen LogP contribution in [0.5, 0.6) is 0 Å². The summed E-state index contributed by atoms with van der Waals surface area (Å²) in [4.78, 5) is 28.9. The van der Waals surface area contributed by atoms with Gasteiger partial charge in [0.1, 0.15) is 0 Å². The van der Waals surface area contributed by atoms with Gasteiger partial charge in [-0.15, -0.1) is 11.8 Å². The Morgan fingerprint density at radius 3 is 3.05 bits per heavy atom. The number of aromatic nitrogens is 1. The molecule has 1 unspecified atom stereocenters. The maximum atomic E-state index is 11.7. The highest BCUT2D eigenvalue weighted by atomic mass is 32.2. The molecule has 0 spiro atoms. The van der Waals surface area contributed by atoms with Crippen molar-refractivity contribution in [3.8, 4) is 0 Å². The van der Waals surface area contributed by atoms with Gasteiger partial charge in [0.2, 0.25) is 11.8 Å². The Morgan fingerprint density at radius 1 is 1.58 bits per heavy atom. The van der Waals surface area contributed by atoms with Crippen molar-refractivity contribution in [1.82, 2.24) is 15.2 Å². The van der Waals surface area contributed by atoms with E-state index in [1.807, 2.05) is 18.2 Å². The monoisotopic (exact) mass is 279 g/mol. The molecule has 1 aliphatic heterocycles. The molecule has 0 bridgehead atoms. The fourth-order valence-electron chi connectivity index (χ4n) is 1.96. The van der Waals surface area contributed by atoms with E-state index in [0.29, 0.717) is 18.7 Å². The Labute approximate surface area is 116 Å². The van der Waals surface area contributed by atoms with E-state index in [1.165, 1.54) is 11.8 Å². The molecule has 1 saturated heterocycles. The Morgan fingerprint density at radius 2 is 2.42 bits per heavy atom. The summed E-state index contributed by atoms with van der Waals surface area (Å²) in [6.45, 7) is 0.607. The highest BCUT2D eigenvalue weighted by molar-refractivity contribution is 7.99. The third-order valence-corrected chi connectivity index (χ3v) is 3.88. The van der Waals surface area contributed by atoms with Gasteiger partial charge in [0.05, 0.1) is 17.5 Å². The molecule has 102 valence electrons. The lowest BCUT2D eigenvalue weighted by atomic mass is 10.2. The lowest BCUT2D eigenvalue weighted by molar-refractivity contribution is -0.126. The topological polar surface area (TPSA) is 62.3 Å². The quantitative estimate of drug-likeness (QED) is 0.860. The third kappa shape index (κ3) is 4.24. The van der Waals surface area contributed by atoms with Gasteiger partial charge in [0, 0.05) is 32.0 Å². The highest BCUT2D eigenvalue weighted by Crippen LogP contribution is 2.11. The maximum absolute atomic E-state index is 11.7. The molecule has 5 nitrogen and oxygen atoms in total. The second-order valence-electron chi connectivity index (χ2n) is 4.56. The lowest BCUT2D eigenvalue weighted by Gasteiger charge is -2.12. The third-order valence-electron chi connectivity index (χ3n) is 2.92. The fourth-order valence-corrected chi connectivity index (χ4v) is 2.71. The normalized spacial score (nSPS) is 18.7. The number of likely N-dealkylation sites (tertiary alicyclic amines) is 1. The summed E-state index contributed by atoms with van der Waals surface area (Å²) < 4.78 is 0. The number of hydrogen-bond donors (Lipinski definition) is 1. The van der Waals surface area contributed by atoms with E-state index in [-0.39, 0.29) is 17.9 Å². The van der Waals surface area contributed by atoms with Gasteiger partial charge in [-0.1, -0.05) is 6.07 Å². The van der Waals surface area contributed by atoms with Crippen molar-refractivity contribution in [2.24, 2.45) is 0 Å². The average Bonchev–Trinajstić information content (AvgIpc) is 2.69. The minimum Gasteiger partial charge on any atom is -0.350 e. The molecule has 1 fully saturated rings. The van der Waals surface area contributed by atoms with E-state index >= 15 is 0 Å². The van der Waals surface area contributed by atoms with Gasteiger partial charge in [-0.3, -0.25) is 14.6 Å². The van der Waals surface area contributed by atoms with Crippen molar-refractivity contribution in [1.29, 1.82) is 0 Å². The summed E-state index contributed by atoms with van der Waals surface area (Å²) in [5.41, 5.74) is 0.969. The summed E-state index contributed by atoms with van der Waals surface area (Å²) in [7, 11) is 1.75. The van der Waals surface area contributed by atoms with Gasteiger partial charge in [-0.05, 0) is 12.1 Å². The van der Waals surface area contributed by atoms with Crippen molar-refractivity contribution in [3.63, 3.8) is 0 Å². The Bertz CT molecular complexity index is 452. The molecular formula is C13H17N3O2S. The van der Waals surface area contributed by atoms with Crippen LogP contribution in [0.1, 0.15) is 12.1 Å². The second kappa shape index (κ2) is 6.56. The van der Waals surface area contributed by atoms with Crippen molar-refractivity contribution < 1.29 is 9.59 Å². The highest BCUT2D eigenvalue weighted by Gasteiger charge is 2.27. The van der Waals surface area contributed by atoms with Crippen molar-refractivity contribution in [3.05, 3.63) is 30.1 Å². The van der Waals surface area contributed by atoms with Crippen molar-refractivity contribution in [2.75, 3.05) is 19.3 Å². The van der Waals surface area contributed by atoms with Crippen LogP contribution in [0.4, 0.5) is 0 Å². The zero-order chi connectivity index (χ0) is 13.7.